The normalized spacial score (nSPS) is 11.0. The number of hydrogen-bond donors (Lipinski definition) is 1. The number of thiophene rings is 1. The van der Waals surface area contributed by atoms with Crippen LogP contribution in [-0.2, 0) is 0 Å². The molecule has 7 heteroatoms. The predicted molar refractivity (Wildman–Crippen MR) is 85.3 cm³/mol. The summed E-state index contributed by atoms with van der Waals surface area (Å²) in [5.41, 5.74) is -0.173. The molecule has 3 nitrogen and oxygen atoms in total. The molecule has 3 rings (SSSR count). The fraction of sp³-hybridized carbons (Fsp3) is 0.118. The molecule has 0 radical (unpaired) electrons. The van der Waals surface area contributed by atoms with Crippen molar-refractivity contribution >= 4 is 27.4 Å². The molecule has 0 aliphatic carbocycles. The summed E-state index contributed by atoms with van der Waals surface area (Å²) in [4.78, 5) is 11.3. The lowest BCUT2D eigenvalue weighted by molar-refractivity contribution is 0.0703. The summed E-state index contributed by atoms with van der Waals surface area (Å²) in [6.45, 7) is 1.80. The zero-order valence-electron chi connectivity index (χ0n) is 12.4. The van der Waals surface area contributed by atoms with Crippen LogP contribution in [0.25, 0.3) is 21.2 Å². The van der Waals surface area contributed by atoms with Gasteiger partial charge in [-0.2, -0.15) is 4.39 Å². The molecule has 1 heterocycles. The second-order valence-corrected chi connectivity index (χ2v) is 5.98. The Bertz CT molecular complexity index is 950. The van der Waals surface area contributed by atoms with Crippen LogP contribution < -0.4 is 4.74 Å². The van der Waals surface area contributed by atoms with Crippen LogP contribution in [-0.4, -0.2) is 17.7 Å². The van der Waals surface area contributed by atoms with Crippen LogP contribution in [0, 0.1) is 17.5 Å². The van der Waals surface area contributed by atoms with E-state index in [2.05, 4.69) is 0 Å². The molecule has 1 aromatic heterocycles. The molecule has 0 spiro atoms. The zero-order valence-corrected chi connectivity index (χ0v) is 13.2. The number of aromatic carboxylic acids is 1. The Morgan fingerprint density at radius 1 is 1.17 bits per heavy atom. The summed E-state index contributed by atoms with van der Waals surface area (Å²) in [7, 11) is 0. The van der Waals surface area contributed by atoms with Gasteiger partial charge in [0.25, 0.3) is 0 Å². The first-order valence-corrected chi connectivity index (χ1v) is 7.82. The van der Waals surface area contributed by atoms with Crippen molar-refractivity contribution in [2.75, 3.05) is 6.61 Å². The van der Waals surface area contributed by atoms with E-state index in [0.29, 0.717) is 10.1 Å². The molecule has 0 saturated heterocycles. The molecule has 1 N–H and O–H groups in total. The van der Waals surface area contributed by atoms with Gasteiger partial charge >= 0.3 is 5.97 Å². The average Bonchev–Trinajstić information content (AvgIpc) is 2.91. The van der Waals surface area contributed by atoms with E-state index in [4.69, 9.17) is 4.74 Å². The van der Waals surface area contributed by atoms with E-state index in [1.54, 1.807) is 6.92 Å². The van der Waals surface area contributed by atoms with Crippen molar-refractivity contribution in [3.05, 3.63) is 52.7 Å². The third-order valence-electron chi connectivity index (χ3n) is 3.46. The number of halogens is 3. The largest absolute Gasteiger partial charge is 0.491 e. The van der Waals surface area contributed by atoms with E-state index >= 15 is 0 Å². The second kappa shape index (κ2) is 6.16. The zero-order chi connectivity index (χ0) is 17.4. The van der Waals surface area contributed by atoms with E-state index < -0.39 is 23.4 Å². The van der Waals surface area contributed by atoms with E-state index in [-0.39, 0.29) is 28.4 Å². The van der Waals surface area contributed by atoms with Gasteiger partial charge in [0.1, 0.15) is 10.7 Å². The summed E-state index contributed by atoms with van der Waals surface area (Å²) in [6, 6.07) is 6.18. The average molecular weight is 352 g/mol. The molecule has 24 heavy (non-hydrogen) atoms. The Morgan fingerprint density at radius 2 is 1.92 bits per heavy atom. The Kier molecular flexibility index (Phi) is 4.19. The highest BCUT2D eigenvalue weighted by Crippen LogP contribution is 2.41. The van der Waals surface area contributed by atoms with Crippen molar-refractivity contribution in [2.24, 2.45) is 0 Å². The topological polar surface area (TPSA) is 46.5 Å². The molecule has 0 fully saturated rings. The van der Waals surface area contributed by atoms with Gasteiger partial charge in [-0.05, 0) is 37.3 Å². The molecule has 3 aromatic rings. The first-order chi connectivity index (χ1) is 11.4. The maximum atomic E-state index is 14.5. The molecule has 0 aliphatic heterocycles. The van der Waals surface area contributed by atoms with Crippen molar-refractivity contribution in [2.45, 2.75) is 6.92 Å². The van der Waals surface area contributed by atoms with Crippen LogP contribution in [0.15, 0.2) is 30.3 Å². The Labute approximate surface area is 138 Å². The van der Waals surface area contributed by atoms with Gasteiger partial charge in [0.2, 0.25) is 5.82 Å². The maximum Gasteiger partial charge on any atom is 0.346 e. The third-order valence-corrected chi connectivity index (χ3v) is 4.60. The highest BCUT2D eigenvalue weighted by atomic mass is 32.1. The molecule has 0 saturated carbocycles. The molecule has 0 unspecified atom stereocenters. The van der Waals surface area contributed by atoms with Crippen molar-refractivity contribution in [3.63, 3.8) is 0 Å². The lowest BCUT2D eigenvalue weighted by Crippen LogP contribution is -2.00. The Balaban J connectivity index is 2.31. The van der Waals surface area contributed by atoms with Gasteiger partial charge in [-0.15, -0.1) is 11.3 Å². The number of benzene rings is 2. The minimum atomic E-state index is -1.29. The summed E-state index contributed by atoms with van der Waals surface area (Å²) in [6.07, 6.45) is 0. The fourth-order valence-electron chi connectivity index (χ4n) is 2.48. The van der Waals surface area contributed by atoms with Crippen molar-refractivity contribution in [3.8, 4) is 16.9 Å². The van der Waals surface area contributed by atoms with Gasteiger partial charge in [0, 0.05) is 21.2 Å². The molecule has 0 atom stereocenters. The van der Waals surface area contributed by atoms with E-state index in [9.17, 15) is 23.1 Å². The third kappa shape index (κ3) is 2.60. The molecule has 0 bridgehead atoms. The maximum absolute atomic E-state index is 14.5. The lowest BCUT2D eigenvalue weighted by Gasteiger charge is -2.09. The van der Waals surface area contributed by atoms with Crippen LogP contribution in [0.5, 0.6) is 5.75 Å². The van der Waals surface area contributed by atoms with Gasteiger partial charge in [-0.1, -0.05) is 0 Å². The van der Waals surface area contributed by atoms with Gasteiger partial charge < -0.3 is 9.84 Å². The minimum Gasteiger partial charge on any atom is -0.491 e. The van der Waals surface area contributed by atoms with Crippen LogP contribution in [0.2, 0.25) is 0 Å². The number of ether oxygens (including phenoxy) is 1. The fourth-order valence-corrected chi connectivity index (χ4v) is 3.56. The summed E-state index contributed by atoms with van der Waals surface area (Å²) < 4.78 is 47.3. The molecular weight excluding hydrogens is 341 g/mol. The number of hydrogen-bond acceptors (Lipinski definition) is 3. The van der Waals surface area contributed by atoms with Gasteiger partial charge in [-0.3, -0.25) is 0 Å². The predicted octanol–water partition coefficient (Wildman–Crippen LogP) is 5.08. The quantitative estimate of drug-likeness (QED) is 0.712. The highest BCUT2D eigenvalue weighted by molar-refractivity contribution is 7.21. The lowest BCUT2D eigenvalue weighted by atomic mass is 10.0. The number of carboxylic acid groups (broad SMARTS) is 1. The first kappa shape index (κ1) is 16.3. The van der Waals surface area contributed by atoms with E-state index in [1.165, 1.54) is 24.3 Å². The minimum absolute atomic E-state index is 0.0296. The van der Waals surface area contributed by atoms with Crippen LogP contribution in [0.1, 0.15) is 16.6 Å². The number of fused-ring (bicyclic) bond motifs is 1. The molecular formula is C17H11F3O3S. The Morgan fingerprint density at radius 3 is 2.58 bits per heavy atom. The van der Waals surface area contributed by atoms with E-state index in [1.807, 2.05) is 0 Å². The molecule has 2 aromatic carbocycles. The standard InChI is InChI=1S/C17H11F3O3S/c1-2-23-11-6-5-10(14(19)15(11)20)13-9-4-3-8(18)7-12(9)24-16(13)17(21)22/h3-7H,2H2,1H3,(H,21,22). The number of carboxylic acids is 1. The first-order valence-electron chi connectivity index (χ1n) is 7.00. The SMILES string of the molecule is CCOc1ccc(-c2c(C(=O)O)sc3cc(F)ccc23)c(F)c1F. The van der Waals surface area contributed by atoms with Gasteiger partial charge in [-0.25, -0.2) is 13.6 Å². The second-order valence-electron chi connectivity index (χ2n) is 4.92. The molecule has 0 amide bonds. The molecule has 124 valence electrons. The number of carbonyl (C=O) groups is 1. The van der Waals surface area contributed by atoms with Crippen LogP contribution >= 0.6 is 11.3 Å². The monoisotopic (exact) mass is 352 g/mol. The Hall–Kier alpha value is -2.54. The highest BCUT2D eigenvalue weighted by Gasteiger charge is 2.24. The van der Waals surface area contributed by atoms with Crippen LogP contribution in [0.4, 0.5) is 13.2 Å². The van der Waals surface area contributed by atoms with E-state index in [0.717, 1.165) is 17.4 Å². The van der Waals surface area contributed by atoms with Crippen molar-refractivity contribution < 1.29 is 27.8 Å². The van der Waals surface area contributed by atoms with Crippen molar-refractivity contribution in [1.29, 1.82) is 0 Å². The van der Waals surface area contributed by atoms with Crippen molar-refractivity contribution in [1.82, 2.24) is 0 Å². The van der Waals surface area contributed by atoms with Gasteiger partial charge in [0.05, 0.1) is 6.61 Å². The summed E-state index contributed by atoms with van der Waals surface area (Å²) >= 11 is 0.810. The smallest absolute Gasteiger partial charge is 0.346 e. The number of rotatable bonds is 4. The summed E-state index contributed by atoms with van der Waals surface area (Å²) in [5.74, 6) is -4.47. The summed E-state index contributed by atoms with van der Waals surface area (Å²) in [5, 5.41) is 9.72. The van der Waals surface area contributed by atoms with Gasteiger partial charge in [0.15, 0.2) is 11.6 Å². The molecule has 0 aliphatic rings. The van der Waals surface area contributed by atoms with Crippen LogP contribution in [0.3, 0.4) is 0 Å².